The SMILES string of the molecule is C[C@H](OC(=O)[C@H](Cc1ccccc1)NC(N)=O)C(=O)NC1CCCCCC1. The molecule has 0 unspecified atom stereocenters. The second-order valence-corrected chi connectivity index (χ2v) is 7.03. The van der Waals surface area contributed by atoms with E-state index in [0.29, 0.717) is 0 Å². The van der Waals surface area contributed by atoms with E-state index in [1.54, 1.807) is 0 Å². The van der Waals surface area contributed by atoms with Crippen molar-refractivity contribution in [1.29, 1.82) is 0 Å². The number of hydrogen-bond donors (Lipinski definition) is 3. The largest absolute Gasteiger partial charge is 0.451 e. The Morgan fingerprint density at radius 2 is 1.74 bits per heavy atom. The minimum absolute atomic E-state index is 0.130. The first kappa shape index (κ1) is 20.7. The Morgan fingerprint density at radius 1 is 1.11 bits per heavy atom. The van der Waals surface area contributed by atoms with Crippen molar-refractivity contribution in [1.82, 2.24) is 10.6 Å². The monoisotopic (exact) mass is 375 g/mol. The number of nitrogens with one attached hydrogen (secondary N) is 2. The quantitative estimate of drug-likeness (QED) is 0.500. The molecule has 1 fully saturated rings. The first-order valence-electron chi connectivity index (χ1n) is 9.56. The zero-order chi connectivity index (χ0) is 19.6. The van der Waals surface area contributed by atoms with Crippen molar-refractivity contribution in [2.45, 2.75) is 70.1 Å². The van der Waals surface area contributed by atoms with Gasteiger partial charge in [0.15, 0.2) is 6.10 Å². The molecule has 1 aromatic carbocycles. The van der Waals surface area contributed by atoms with Gasteiger partial charge in [-0.25, -0.2) is 9.59 Å². The molecule has 4 N–H and O–H groups in total. The van der Waals surface area contributed by atoms with Gasteiger partial charge in [0.2, 0.25) is 0 Å². The first-order valence-corrected chi connectivity index (χ1v) is 9.56. The van der Waals surface area contributed by atoms with Crippen molar-refractivity contribution in [2.24, 2.45) is 5.73 Å². The molecule has 148 valence electrons. The van der Waals surface area contributed by atoms with Gasteiger partial charge in [0.25, 0.3) is 5.91 Å². The predicted octanol–water partition coefficient (Wildman–Crippen LogP) is 2.04. The summed E-state index contributed by atoms with van der Waals surface area (Å²) in [5.41, 5.74) is 6.03. The lowest BCUT2D eigenvalue weighted by atomic mass is 10.1. The summed E-state index contributed by atoms with van der Waals surface area (Å²) in [4.78, 5) is 36.1. The highest BCUT2D eigenvalue weighted by Crippen LogP contribution is 2.17. The summed E-state index contributed by atoms with van der Waals surface area (Å²) in [7, 11) is 0. The van der Waals surface area contributed by atoms with Gasteiger partial charge in [0, 0.05) is 12.5 Å². The summed E-state index contributed by atoms with van der Waals surface area (Å²) >= 11 is 0. The number of rotatable bonds is 7. The molecule has 1 aromatic rings. The van der Waals surface area contributed by atoms with E-state index in [1.807, 2.05) is 30.3 Å². The van der Waals surface area contributed by atoms with E-state index in [9.17, 15) is 14.4 Å². The van der Waals surface area contributed by atoms with Crippen LogP contribution in [-0.2, 0) is 20.7 Å². The molecule has 7 nitrogen and oxygen atoms in total. The third kappa shape index (κ3) is 7.29. The van der Waals surface area contributed by atoms with Crippen LogP contribution in [0.2, 0.25) is 0 Å². The van der Waals surface area contributed by atoms with E-state index in [-0.39, 0.29) is 18.4 Å². The fourth-order valence-electron chi connectivity index (χ4n) is 3.27. The highest BCUT2D eigenvalue weighted by molar-refractivity contribution is 5.87. The Labute approximate surface area is 160 Å². The number of amides is 3. The van der Waals surface area contributed by atoms with Gasteiger partial charge in [0.05, 0.1) is 0 Å². The zero-order valence-electron chi connectivity index (χ0n) is 15.8. The molecule has 1 aliphatic rings. The standard InChI is InChI=1S/C20H29N3O4/c1-14(18(24)22-16-11-7-2-3-8-12-16)27-19(25)17(23-20(21)26)13-15-9-5-4-6-10-15/h4-6,9-10,14,16-17H,2-3,7-8,11-13H2,1H3,(H,22,24)(H3,21,23,26)/t14-,17-/m0/s1. The fourth-order valence-corrected chi connectivity index (χ4v) is 3.27. The molecule has 0 radical (unpaired) electrons. The highest BCUT2D eigenvalue weighted by atomic mass is 16.5. The fraction of sp³-hybridized carbons (Fsp3) is 0.550. The molecule has 0 aromatic heterocycles. The third-order valence-corrected chi connectivity index (χ3v) is 4.75. The smallest absolute Gasteiger partial charge is 0.329 e. The maximum absolute atomic E-state index is 12.5. The van der Waals surface area contributed by atoms with Crippen LogP contribution in [-0.4, -0.2) is 36.1 Å². The number of esters is 1. The topological polar surface area (TPSA) is 111 Å². The first-order chi connectivity index (χ1) is 13.0. The Kier molecular flexibility index (Phi) is 8.10. The molecule has 0 bridgehead atoms. The van der Waals surface area contributed by atoms with Crippen molar-refractivity contribution < 1.29 is 19.1 Å². The van der Waals surface area contributed by atoms with Gasteiger partial charge in [-0.3, -0.25) is 4.79 Å². The number of benzene rings is 1. The van der Waals surface area contributed by atoms with Crippen LogP contribution in [0.3, 0.4) is 0 Å². The predicted molar refractivity (Wildman–Crippen MR) is 102 cm³/mol. The third-order valence-electron chi connectivity index (χ3n) is 4.75. The average molecular weight is 375 g/mol. The molecule has 2 rings (SSSR count). The summed E-state index contributed by atoms with van der Waals surface area (Å²) in [6, 6.07) is 7.58. The van der Waals surface area contributed by atoms with Gasteiger partial charge in [-0.2, -0.15) is 0 Å². The Morgan fingerprint density at radius 3 is 2.33 bits per heavy atom. The molecule has 0 aliphatic heterocycles. The lowest BCUT2D eigenvalue weighted by molar-refractivity contribution is -0.156. The van der Waals surface area contributed by atoms with E-state index < -0.39 is 24.1 Å². The number of primary amides is 1. The average Bonchev–Trinajstić information content (AvgIpc) is 2.90. The second-order valence-electron chi connectivity index (χ2n) is 7.03. The van der Waals surface area contributed by atoms with Crippen molar-refractivity contribution in [3.63, 3.8) is 0 Å². The van der Waals surface area contributed by atoms with E-state index in [2.05, 4.69) is 10.6 Å². The van der Waals surface area contributed by atoms with Crippen LogP contribution in [0.25, 0.3) is 0 Å². The summed E-state index contributed by atoms with van der Waals surface area (Å²) in [5.74, 6) is -0.992. The second kappa shape index (κ2) is 10.5. The Hall–Kier alpha value is -2.57. The van der Waals surface area contributed by atoms with E-state index in [4.69, 9.17) is 10.5 Å². The molecule has 3 amide bonds. The van der Waals surface area contributed by atoms with Gasteiger partial charge in [-0.1, -0.05) is 56.0 Å². The minimum atomic E-state index is -0.946. The zero-order valence-corrected chi connectivity index (χ0v) is 15.8. The van der Waals surface area contributed by atoms with Gasteiger partial charge in [-0.15, -0.1) is 0 Å². The Bertz CT molecular complexity index is 627. The Balaban J connectivity index is 1.91. The normalized spacial score (nSPS) is 17.2. The molecule has 1 aliphatic carbocycles. The van der Waals surface area contributed by atoms with Crippen LogP contribution in [0.4, 0.5) is 4.79 Å². The summed E-state index contributed by atoms with van der Waals surface area (Å²) in [5, 5.41) is 5.36. The number of nitrogens with two attached hydrogens (primary N) is 1. The van der Waals surface area contributed by atoms with E-state index in [1.165, 1.54) is 19.8 Å². The van der Waals surface area contributed by atoms with Gasteiger partial charge in [-0.05, 0) is 25.3 Å². The minimum Gasteiger partial charge on any atom is -0.451 e. The summed E-state index contributed by atoms with van der Waals surface area (Å²) < 4.78 is 5.30. The van der Waals surface area contributed by atoms with Crippen molar-refractivity contribution >= 4 is 17.9 Å². The number of hydrogen-bond acceptors (Lipinski definition) is 4. The number of urea groups is 1. The molecular weight excluding hydrogens is 346 g/mol. The van der Waals surface area contributed by atoms with Crippen LogP contribution < -0.4 is 16.4 Å². The van der Waals surface area contributed by atoms with E-state index in [0.717, 1.165) is 31.2 Å². The lowest BCUT2D eigenvalue weighted by Gasteiger charge is -2.22. The molecule has 0 saturated heterocycles. The lowest BCUT2D eigenvalue weighted by Crippen LogP contribution is -2.48. The molecule has 7 heteroatoms. The summed E-state index contributed by atoms with van der Waals surface area (Å²) in [6.45, 7) is 1.54. The van der Waals surface area contributed by atoms with Crippen LogP contribution >= 0.6 is 0 Å². The number of carbonyl (C=O) groups excluding carboxylic acids is 3. The van der Waals surface area contributed by atoms with Crippen molar-refractivity contribution in [3.8, 4) is 0 Å². The summed E-state index contributed by atoms with van der Waals surface area (Å²) in [6.07, 6.45) is 5.78. The van der Waals surface area contributed by atoms with Gasteiger partial charge < -0.3 is 21.1 Å². The van der Waals surface area contributed by atoms with Crippen LogP contribution in [0.5, 0.6) is 0 Å². The van der Waals surface area contributed by atoms with Crippen LogP contribution in [0, 0.1) is 0 Å². The molecule has 27 heavy (non-hydrogen) atoms. The maximum Gasteiger partial charge on any atom is 0.329 e. The van der Waals surface area contributed by atoms with E-state index >= 15 is 0 Å². The van der Waals surface area contributed by atoms with Crippen molar-refractivity contribution in [2.75, 3.05) is 0 Å². The van der Waals surface area contributed by atoms with Crippen molar-refractivity contribution in [3.05, 3.63) is 35.9 Å². The molecule has 0 heterocycles. The molecule has 2 atom stereocenters. The van der Waals surface area contributed by atoms with Gasteiger partial charge >= 0.3 is 12.0 Å². The number of ether oxygens (including phenoxy) is 1. The number of carbonyl (C=O) groups is 3. The molecular formula is C20H29N3O4. The highest BCUT2D eigenvalue weighted by Gasteiger charge is 2.27. The molecule has 1 saturated carbocycles. The molecule has 0 spiro atoms. The van der Waals surface area contributed by atoms with Gasteiger partial charge in [0.1, 0.15) is 6.04 Å². The van der Waals surface area contributed by atoms with Crippen LogP contribution in [0.15, 0.2) is 30.3 Å². The maximum atomic E-state index is 12.5. The van der Waals surface area contributed by atoms with Crippen LogP contribution in [0.1, 0.15) is 51.0 Å².